The predicted molar refractivity (Wildman–Crippen MR) is 84.3 cm³/mol. The minimum Gasteiger partial charge on any atom is -0.404 e. The molecule has 2 aromatic rings. The molecule has 108 valence electrons. The molecule has 0 saturated carbocycles. The molecule has 0 unspecified atom stereocenters. The molecule has 2 aromatic heterocycles. The SMILES string of the molecule is NC=C(C=Nc1ccc(=O)[nH]c1)Cc1cc(N)nc(N)c1. The first kappa shape index (κ1) is 14.3. The van der Waals surface area contributed by atoms with Gasteiger partial charge in [-0.25, -0.2) is 4.98 Å². The summed E-state index contributed by atoms with van der Waals surface area (Å²) in [5, 5.41) is 0. The third-order valence-corrected chi connectivity index (χ3v) is 2.69. The summed E-state index contributed by atoms with van der Waals surface area (Å²) in [6.07, 6.45) is 5.14. The van der Waals surface area contributed by atoms with Gasteiger partial charge in [-0.1, -0.05) is 0 Å². The van der Waals surface area contributed by atoms with Crippen molar-refractivity contribution < 1.29 is 0 Å². The van der Waals surface area contributed by atoms with Crippen molar-refractivity contribution in [3.63, 3.8) is 0 Å². The monoisotopic (exact) mass is 284 g/mol. The Bertz CT molecular complexity index is 707. The lowest BCUT2D eigenvalue weighted by Crippen LogP contribution is -2.02. The third kappa shape index (κ3) is 4.20. The minimum absolute atomic E-state index is 0.175. The number of aromatic amines is 1. The molecule has 21 heavy (non-hydrogen) atoms. The highest BCUT2D eigenvalue weighted by Crippen LogP contribution is 2.13. The highest BCUT2D eigenvalue weighted by Gasteiger charge is 2.01. The topological polar surface area (TPSA) is 136 Å². The number of aromatic nitrogens is 2. The van der Waals surface area contributed by atoms with Crippen molar-refractivity contribution in [1.29, 1.82) is 0 Å². The van der Waals surface area contributed by atoms with Crippen LogP contribution in [0.1, 0.15) is 5.56 Å². The van der Waals surface area contributed by atoms with E-state index in [2.05, 4.69) is 15.0 Å². The summed E-state index contributed by atoms with van der Waals surface area (Å²) in [6.45, 7) is 0. The Balaban J connectivity index is 2.13. The van der Waals surface area contributed by atoms with Crippen LogP contribution in [0.15, 0.2) is 52.0 Å². The zero-order valence-electron chi connectivity index (χ0n) is 11.3. The zero-order valence-corrected chi connectivity index (χ0v) is 11.3. The van der Waals surface area contributed by atoms with Crippen LogP contribution in [-0.2, 0) is 6.42 Å². The maximum atomic E-state index is 11.0. The van der Waals surface area contributed by atoms with Gasteiger partial charge >= 0.3 is 0 Å². The average molecular weight is 284 g/mol. The van der Waals surface area contributed by atoms with Gasteiger partial charge in [0.25, 0.3) is 0 Å². The van der Waals surface area contributed by atoms with Crippen LogP contribution in [0.5, 0.6) is 0 Å². The molecule has 7 N–H and O–H groups in total. The number of pyridine rings is 2. The number of aliphatic imine (C=N–C) groups is 1. The Labute approximate surface area is 121 Å². The summed E-state index contributed by atoms with van der Waals surface area (Å²) in [4.78, 5) is 21.6. The number of allylic oxidation sites excluding steroid dienone is 1. The number of nitrogen functional groups attached to an aromatic ring is 2. The summed E-state index contributed by atoms with van der Waals surface area (Å²) in [5.74, 6) is 0.720. The molecular formula is C14H16N6O. The quantitative estimate of drug-likeness (QED) is 0.613. The van der Waals surface area contributed by atoms with Crippen LogP contribution in [0.2, 0.25) is 0 Å². The van der Waals surface area contributed by atoms with E-state index >= 15 is 0 Å². The molecular weight excluding hydrogens is 268 g/mol. The first-order chi connectivity index (χ1) is 10.1. The van der Waals surface area contributed by atoms with E-state index in [9.17, 15) is 4.79 Å². The standard InChI is InChI=1S/C14H16N6O/c15-6-10(3-9-4-12(16)20-13(17)5-9)7-18-11-1-2-14(21)19-8-11/h1-2,4-8H,3,15H2,(H,19,21)(H4,16,17,20). The van der Waals surface area contributed by atoms with E-state index in [1.807, 2.05) is 0 Å². The number of rotatable bonds is 4. The second-order valence-corrected chi connectivity index (χ2v) is 4.41. The van der Waals surface area contributed by atoms with Crippen LogP contribution in [-0.4, -0.2) is 16.2 Å². The van der Waals surface area contributed by atoms with Gasteiger partial charge in [0.15, 0.2) is 0 Å². The maximum absolute atomic E-state index is 11.0. The molecule has 2 heterocycles. The average Bonchev–Trinajstić information content (AvgIpc) is 2.44. The molecule has 0 fully saturated rings. The molecule has 0 bridgehead atoms. The van der Waals surface area contributed by atoms with Crippen LogP contribution in [0.3, 0.4) is 0 Å². The predicted octanol–water partition coefficient (Wildman–Crippen LogP) is 0.722. The number of nitrogens with two attached hydrogens (primary N) is 3. The first-order valence-electron chi connectivity index (χ1n) is 6.22. The maximum Gasteiger partial charge on any atom is 0.248 e. The Hall–Kier alpha value is -3.09. The van der Waals surface area contributed by atoms with E-state index in [0.717, 1.165) is 11.1 Å². The number of hydrogen-bond acceptors (Lipinski definition) is 6. The van der Waals surface area contributed by atoms with E-state index < -0.39 is 0 Å². The fourth-order valence-corrected chi connectivity index (χ4v) is 1.76. The van der Waals surface area contributed by atoms with Crippen molar-refractivity contribution in [2.75, 3.05) is 11.5 Å². The molecule has 7 nitrogen and oxygen atoms in total. The van der Waals surface area contributed by atoms with Gasteiger partial charge < -0.3 is 22.2 Å². The van der Waals surface area contributed by atoms with Crippen LogP contribution in [0, 0.1) is 0 Å². The van der Waals surface area contributed by atoms with Crippen molar-refractivity contribution >= 4 is 23.5 Å². The van der Waals surface area contributed by atoms with E-state index in [1.54, 1.807) is 24.4 Å². The summed E-state index contributed by atoms with van der Waals surface area (Å²) in [5.41, 5.74) is 19.0. The van der Waals surface area contributed by atoms with Gasteiger partial charge in [-0.2, -0.15) is 0 Å². The molecule has 0 amide bonds. The van der Waals surface area contributed by atoms with Gasteiger partial charge in [0.05, 0.1) is 5.69 Å². The highest BCUT2D eigenvalue weighted by molar-refractivity contribution is 5.81. The lowest BCUT2D eigenvalue weighted by atomic mass is 10.1. The largest absolute Gasteiger partial charge is 0.404 e. The van der Waals surface area contributed by atoms with Gasteiger partial charge in [0.2, 0.25) is 5.56 Å². The molecule has 0 aliphatic carbocycles. The van der Waals surface area contributed by atoms with Crippen molar-refractivity contribution in [1.82, 2.24) is 9.97 Å². The number of nitrogens with one attached hydrogen (secondary N) is 1. The van der Waals surface area contributed by atoms with Crippen molar-refractivity contribution in [3.8, 4) is 0 Å². The summed E-state index contributed by atoms with van der Waals surface area (Å²) < 4.78 is 0. The second kappa shape index (κ2) is 6.38. The van der Waals surface area contributed by atoms with E-state index in [0.29, 0.717) is 23.7 Å². The summed E-state index contributed by atoms with van der Waals surface area (Å²) >= 11 is 0. The van der Waals surface area contributed by atoms with E-state index in [-0.39, 0.29) is 5.56 Å². The fourth-order valence-electron chi connectivity index (χ4n) is 1.76. The lowest BCUT2D eigenvalue weighted by molar-refractivity contribution is 1.18. The molecule has 0 saturated heterocycles. The van der Waals surface area contributed by atoms with Gasteiger partial charge in [-0.05, 0) is 35.5 Å². The molecule has 0 aliphatic rings. The zero-order chi connectivity index (χ0) is 15.2. The first-order valence-corrected chi connectivity index (χ1v) is 6.22. The van der Waals surface area contributed by atoms with Gasteiger partial charge in [0.1, 0.15) is 11.6 Å². The molecule has 0 radical (unpaired) electrons. The molecule has 0 atom stereocenters. The van der Waals surface area contributed by atoms with Gasteiger partial charge in [-0.3, -0.25) is 9.79 Å². The molecule has 0 spiro atoms. The Morgan fingerprint density at radius 1 is 1.29 bits per heavy atom. The smallest absolute Gasteiger partial charge is 0.248 e. The number of hydrogen-bond donors (Lipinski definition) is 4. The molecule has 0 aromatic carbocycles. The Morgan fingerprint density at radius 2 is 2.00 bits per heavy atom. The van der Waals surface area contributed by atoms with Crippen molar-refractivity contribution in [3.05, 3.63) is 58.2 Å². The van der Waals surface area contributed by atoms with Crippen LogP contribution in [0.25, 0.3) is 0 Å². The van der Waals surface area contributed by atoms with E-state index in [1.165, 1.54) is 18.5 Å². The number of H-pyrrole nitrogens is 1. The fraction of sp³-hybridized carbons (Fsp3) is 0.0714. The van der Waals surface area contributed by atoms with E-state index in [4.69, 9.17) is 17.2 Å². The van der Waals surface area contributed by atoms with Gasteiger partial charge in [0, 0.05) is 24.9 Å². The Kier molecular flexibility index (Phi) is 4.35. The molecule has 0 aliphatic heterocycles. The molecule has 7 heteroatoms. The number of anilines is 2. The van der Waals surface area contributed by atoms with Crippen molar-refractivity contribution in [2.45, 2.75) is 6.42 Å². The normalized spacial score (nSPS) is 11.9. The summed E-state index contributed by atoms with van der Waals surface area (Å²) in [7, 11) is 0. The molecule has 2 rings (SSSR count). The highest BCUT2D eigenvalue weighted by atomic mass is 16.1. The minimum atomic E-state index is -0.175. The number of nitrogens with zero attached hydrogens (tertiary/aromatic N) is 2. The lowest BCUT2D eigenvalue weighted by Gasteiger charge is -2.04. The Morgan fingerprint density at radius 3 is 2.57 bits per heavy atom. The van der Waals surface area contributed by atoms with Crippen LogP contribution in [0.4, 0.5) is 17.3 Å². The van der Waals surface area contributed by atoms with Crippen LogP contribution >= 0.6 is 0 Å². The second-order valence-electron chi connectivity index (χ2n) is 4.41. The summed E-state index contributed by atoms with van der Waals surface area (Å²) in [6, 6.07) is 6.48. The van der Waals surface area contributed by atoms with Gasteiger partial charge in [-0.15, -0.1) is 0 Å². The van der Waals surface area contributed by atoms with Crippen molar-refractivity contribution in [2.24, 2.45) is 10.7 Å². The van der Waals surface area contributed by atoms with Crippen LogP contribution < -0.4 is 22.8 Å². The third-order valence-electron chi connectivity index (χ3n) is 2.69.